The summed E-state index contributed by atoms with van der Waals surface area (Å²) in [4.78, 5) is 48.9. The van der Waals surface area contributed by atoms with Gasteiger partial charge < -0.3 is 24.4 Å². The van der Waals surface area contributed by atoms with Crippen LogP contribution in [0, 0.1) is 0 Å². The molecule has 1 unspecified atom stereocenters. The van der Waals surface area contributed by atoms with Crippen LogP contribution in [0.15, 0.2) is 48.5 Å². The van der Waals surface area contributed by atoms with Crippen LogP contribution in [0.1, 0.15) is 28.8 Å². The van der Waals surface area contributed by atoms with Gasteiger partial charge in [0.1, 0.15) is 18.1 Å². The lowest BCUT2D eigenvalue weighted by Gasteiger charge is -2.24. The largest absolute Gasteiger partial charge is 0.482 e. The fourth-order valence-corrected chi connectivity index (χ4v) is 3.44. The van der Waals surface area contributed by atoms with Crippen molar-refractivity contribution < 1.29 is 43.6 Å². The number of amides is 1. The van der Waals surface area contributed by atoms with Crippen molar-refractivity contribution in [2.24, 2.45) is 0 Å². The predicted octanol–water partition coefficient (Wildman–Crippen LogP) is 2.60. The minimum atomic E-state index is -1.25. The second kappa shape index (κ2) is 11.0. The van der Waals surface area contributed by atoms with Crippen LogP contribution < -0.4 is 9.47 Å². The van der Waals surface area contributed by atoms with Crippen LogP contribution in [0.4, 0.5) is 4.79 Å². The third-order valence-electron chi connectivity index (χ3n) is 4.93. The van der Waals surface area contributed by atoms with E-state index in [4.69, 9.17) is 24.4 Å². The van der Waals surface area contributed by atoms with E-state index in [1.54, 1.807) is 0 Å². The number of hydrogen-bond donors (Lipinski definition) is 2. The first-order valence-electron chi connectivity index (χ1n) is 10.2. The Hall–Kier alpha value is -4.08. The Kier molecular flexibility index (Phi) is 7.85. The smallest absolute Gasteiger partial charge is 0.410 e. The number of Topliss-reactive ketones (excluding diaryl/α,β-unsaturated/α-hetero) is 1. The maximum absolute atomic E-state index is 13.3. The minimum Gasteiger partial charge on any atom is -0.482 e. The van der Waals surface area contributed by atoms with Crippen molar-refractivity contribution in [3.8, 4) is 11.5 Å². The van der Waals surface area contributed by atoms with Gasteiger partial charge in [-0.2, -0.15) is 0 Å². The second-order valence-corrected chi connectivity index (χ2v) is 7.28. The molecule has 3 rings (SSSR count). The second-order valence-electron chi connectivity index (χ2n) is 7.28. The molecule has 0 saturated carbocycles. The van der Waals surface area contributed by atoms with E-state index in [9.17, 15) is 19.2 Å². The third kappa shape index (κ3) is 6.45. The molecule has 1 aliphatic rings. The van der Waals surface area contributed by atoms with Crippen molar-refractivity contribution in [3.63, 3.8) is 0 Å². The van der Waals surface area contributed by atoms with Crippen molar-refractivity contribution in [2.45, 2.75) is 25.5 Å². The maximum Gasteiger partial charge on any atom is 0.410 e. The van der Waals surface area contributed by atoms with Gasteiger partial charge >= 0.3 is 18.0 Å². The van der Waals surface area contributed by atoms with Gasteiger partial charge in [0, 0.05) is 12.6 Å². The van der Waals surface area contributed by atoms with Crippen molar-refractivity contribution in [3.05, 3.63) is 59.7 Å². The first-order chi connectivity index (χ1) is 15.8. The number of carboxylic acids is 2. The molecule has 1 saturated heterocycles. The van der Waals surface area contributed by atoms with Crippen LogP contribution in [0.2, 0.25) is 0 Å². The molecule has 2 aromatic carbocycles. The van der Waals surface area contributed by atoms with Crippen LogP contribution in [0.25, 0.3) is 0 Å². The minimum absolute atomic E-state index is 0.0617. The Morgan fingerprint density at radius 2 is 1.64 bits per heavy atom. The molecule has 0 aliphatic carbocycles. The molecule has 1 heterocycles. The zero-order valence-corrected chi connectivity index (χ0v) is 17.6. The lowest BCUT2D eigenvalue weighted by molar-refractivity contribution is -0.140. The SMILES string of the molecule is O=C(O)COc1ccc(C(=O)C2CCCN2C(=O)OCc2ccccc2)c(OCC(=O)O)c1. The number of carboxylic acid groups (broad SMARTS) is 2. The highest BCUT2D eigenvalue weighted by molar-refractivity contribution is 6.04. The topological polar surface area (TPSA) is 140 Å². The Labute approximate surface area is 189 Å². The predicted molar refractivity (Wildman–Crippen MR) is 113 cm³/mol. The number of hydrogen-bond acceptors (Lipinski definition) is 7. The molecule has 10 nitrogen and oxygen atoms in total. The highest BCUT2D eigenvalue weighted by Crippen LogP contribution is 2.30. The van der Waals surface area contributed by atoms with Crippen LogP contribution in [0.3, 0.4) is 0 Å². The van der Waals surface area contributed by atoms with Crippen molar-refractivity contribution >= 4 is 23.8 Å². The molecular weight excluding hydrogens is 434 g/mol. The van der Waals surface area contributed by atoms with Crippen molar-refractivity contribution in [2.75, 3.05) is 19.8 Å². The number of nitrogens with zero attached hydrogens (tertiary/aromatic N) is 1. The van der Waals surface area contributed by atoms with Gasteiger partial charge in [-0.25, -0.2) is 14.4 Å². The van der Waals surface area contributed by atoms with Gasteiger partial charge in [-0.05, 0) is 30.5 Å². The fraction of sp³-hybridized carbons (Fsp3) is 0.304. The first-order valence-corrected chi connectivity index (χ1v) is 10.2. The van der Waals surface area contributed by atoms with Crippen LogP contribution in [-0.2, 0) is 20.9 Å². The number of carbonyl (C=O) groups excluding carboxylic acids is 2. The Balaban J connectivity index is 1.75. The quantitative estimate of drug-likeness (QED) is 0.515. The van der Waals surface area contributed by atoms with E-state index in [2.05, 4.69) is 0 Å². The summed E-state index contributed by atoms with van der Waals surface area (Å²) in [5, 5.41) is 17.7. The number of rotatable bonds is 10. The third-order valence-corrected chi connectivity index (χ3v) is 4.93. The zero-order chi connectivity index (χ0) is 23.8. The summed E-state index contributed by atoms with van der Waals surface area (Å²) in [6.07, 6.45) is 0.390. The summed E-state index contributed by atoms with van der Waals surface area (Å²) in [6.45, 7) is -0.916. The van der Waals surface area contributed by atoms with E-state index < -0.39 is 43.1 Å². The molecule has 0 radical (unpaired) electrons. The van der Waals surface area contributed by atoms with E-state index in [1.807, 2.05) is 30.3 Å². The highest BCUT2D eigenvalue weighted by Gasteiger charge is 2.36. The summed E-state index contributed by atoms with van der Waals surface area (Å²) in [5.41, 5.74) is 0.876. The van der Waals surface area contributed by atoms with Gasteiger partial charge in [-0.15, -0.1) is 0 Å². The van der Waals surface area contributed by atoms with Gasteiger partial charge in [-0.1, -0.05) is 30.3 Å². The maximum atomic E-state index is 13.3. The van der Waals surface area contributed by atoms with E-state index in [0.29, 0.717) is 19.4 Å². The van der Waals surface area contributed by atoms with Gasteiger partial charge in [0.2, 0.25) is 0 Å². The number of carbonyl (C=O) groups is 4. The zero-order valence-electron chi connectivity index (χ0n) is 17.6. The molecule has 2 N–H and O–H groups in total. The summed E-state index contributed by atoms with van der Waals surface area (Å²) >= 11 is 0. The molecule has 1 amide bonds. The molecule has 33 heavy (non-hydrogen) atoms. The Morgan fingerprint density at radius 3 is 2.33 bits per heavy atom. The molecular formula is C23H23NO9. The van der Waals surface area contributed by atoms with E-state index >= 15 is 0 Å². The molecule has 1 fully saturated rings. The summed E-state index contributed by atoms with van der Waals surface area (Å²) in [6, 6.07) is 12.3. The molecule has 0 spiro atoms. The van der Waals surface area contributed by atoms with Gasteiger partial charge in [0.25, 0.3) is 0 Å². The molecule has 174 valence electrons. The van der Waals surface area contributed by atoms with Crippen molar-refractivity contribution in [1.82, 2.24) is 4.90 Å². The van der Waals surface area contributed by atoms with Gasteiger partial charge in [0.15, 0.2) is 19.0 Å². The first kappa shape index (κ1) is 23.6. The number of aliphatic carboxylic acids is 2. The average Bonchev–Trinajstić information content (AvgIpc) is 3.30. The molecule has 1 aliphatic heterocycles. The fourth-order valence-electron chi connectivity index (χ4n) is 3.44. The number of ether oxygens (including phenoxy) is 3. The molecule has 1 atom stereocenters. The summed E-state index contributed by atoms with van der Waals surface area (Å²) in [5.74, 6) is -2.86. The van der Waals surface area contributed by atoms with Crippen molar-refractivity contribution in [1.29, 1.82) is 0 Å². The van der Waals surface area contributed by atoms with Crippen LogP contribution in [0.5, 0.6) is 11.5 Å². The normalized spacial score (nSPS) is 15.0. The monoisotopic (exact) mass is 457 g/mol. The van der Waals surface area contributed by atoms with Gasteiger partial charge in [0.05, 0.1) is 11.6 Å². The van der Waals surface area contributed by atoms with E-state index in [-0.39, 0.29) is 23.7 Å². The van der Waals surface area contributed by atoms with Crippen LogP contribution in [-0.4, -0.2) is 64.7 Å². The molecule has 10 heteroatoms. The summed E-state index contributed by atoms with van der Waals surface area (Å²) in [7, 11) is 0. The van der Waals surface area contributed by atoms with E-state index in [0.717, 1.165) is 5.56 Å². The highest BCUT2D eigenvalue weighted by atomic mass is 16.6. The molecule has 0 aromatic heterocycles. The van der Waals surface area contributed by atoms with Gasteiger partial charge in [-0.3, -0.25) is 9.69 Å². The Morgan fingerprint density at radius 1 is 0.939 bits per heavy atom. The number of ketones is 1. The number of likely N-dealkylation sites (tertiary alicyclic amines) is 1. The van der Waals surface area contributed by atoms with Crippen LogP contribution >= 0.6 is 0 Å². The molecule has 2 aromatic rings. The Bertz CT molecular complexity index is 1020. The standard InChI is InChI=1S/C23H23NO9/c25-20(26)13-31-16-8-9-17(19(11-16)32-14-21(27)28)22(29)18-7-4-10-24(18)23(30)33-12-15-5-2-1-3-6-15/h1-3,5-6,8-9,11,18H,4,7,10,12-14H2,(H,25,26)(H,27,28). The molecule has 0 bridgehead atoms. The average molecular weight is 457 g/mol. The summed E-state index contributed by atoms with van der Waals surface area (Å²) < 4.78 is 15.7. The number of benzene rings is 2. The lowest BCUT2D eigenvalue weighted by atomic mass is 10.0. The lowest BCUT2D eigenvalue weighted by Crippen LogP contribution is -2.41. The van der Waals surface area contributed by atoms with E-state index in [1.165, 1.54) is 23.1 Å².